The smallest absolute Gasteiger partial charge is 0.0230 e. The molecule has 112 valence electrons. The number of nitrogens with two attached hydrogens (primary N) is 1. The van der Waals surface area contributed by atoms with Crippen LogP contribution in [0.5, 0.6) is 0 Å². The van der Waals surface area contributed by atoms with Gasteiger partial charge in [0, 0.05) is 13.1 Å². The Labute approximate surface area is 124 Å². The Balaban J connectivity index is 1.92. The van der Waals surface area contributed by atoms with Crippen LogP contribution in [-0.4, -0.2) is 25.0 Å². The number of rotatable bonds is 5. The summed E-state index contributed by atoms with van der Waals surface area (Å²) in [6, 6.07) is 8.88. The number of hydrogen-bond acceptors (Lipinski definition) is 2. The predicted octanol–water partition coefficient (Wildman–Crippen LogP) is 3.58. The summed E-state index contributed by atoms with van der Waals surface area (Å²) in [6.45, 7) is 7.50. The summed E-state index contributed by atoms with van der Waals surface area (Å²) in [5.74, 6) is 0.886. The van der Waals surface area contributed by atoms with Crippen LogP contribution in [0, 0.1) is 18.3 Å². The molecule has 1 saturated carbocycles. The Kier molecular flexibility index (Phi) is 5.22. The van der Waals surface area contributed by atoms with Crippen molar-refractivity contribution in [1.82, 2.24) is 4.90 Å². The van der Waals surface area contributed by atoms with Crippen molar-refractivity contribution in [2.24, 2.45) is 17.1 Å². The molecular weight excluding hydrogens is 244 g/mol. The Morgan fingerprint density at radius 2 is 1.80 bits per heavy atom. The van der Waals surface area contributed by atoms with E-state index in [1.54, 1.807) is 0 Å². The van der Waals surface area contributed by atoms with Crippen molar-refractivity contribution in [1.29, 1.82) is 0 Å². The van der Waals surface area contributed by atoms with Crippen LogP contribution in [0.4, 0.5) is 0 Å². The topological polar surface area (TPSA) is 29.3 Å². The summed E-state index contributed by atoms with van der Waals surface area (Å²) < 4.78 is 0. The molecule has 0 radical (unpaired) electrons. The van der Waals surface area contributed by atoms with Gasteiger partial charge in [0.15, 0.2) is 0 Å². The predicted molar refractivity (Wildman–Crippen MR) is 86.6 cm³/mol. The van der Waals surface area contributed by atoms with Gasteiger partial charge in [0.05, 0.1) is 0 Å². The van der Waals surface area contributed by atoms with Crippen LogP contribution >= 0.6 is 0 Å². The van der Waals surface area contributed by atoms with E-state index in [-0.39, 0.29) is 0 Å². The summed E-state index contributed by atoms with van der Waals surface area (Å²) in [5, 5.41) is 0. The number of aryl methyl sites for hydroxylation is 1. The van der Waals surface area contributed by atoms with Crippen LogP contribution in [0.2, 0.25) is 0 Å². The van der Waals surface area contributed by atoms with Gasteiger partial charge in [-0.15, -0.1) is 0 Å². The van der Waals surface area contributed by atoms with Gasteiger partial charge in [-0.3, -0.25) is 0 Å². The zero-order valence-electron chi connectivity index (χ0n) is 13.4. The van der Waals surface area contributed by atoms with E-state index in [1.165, 1.54) is 36.8 Å². The molecule has 20 heavy (non-hydrogen) atoms. The molecule has 0 amide bonds. The van der Waals surface area contributed by atoms with Crippen molar-refractivity contribution in [2.45, 2.75) is 46.1 Å². The molecule has 2 N–H and O–H groups in total. The molecule has 0 atom stereocenters. The third-order valence-corrected chi connectivity index (χ3v) is 4.95. The molecule has 0 unspecified atom stereocenters. The highest BCUT2D eigenvalue weighted by Gasteiger charge is 2.33. The van der Waals surface area contributed by atoms with Crippen molar-refractivity contribution in [3.05, 3.63) is 35.4 Å². The Hall–Kier alpha value is -0.860. The number of nitrogens with zero attached hydrogens (tertiary/aromatic N) is 1. The molecule has 0 aromatic heterocycles. The van der Waals surface area contributed by atoms with Crippen molar-refractivity contribution < 1.29 is 0 Å². The van der Waals surface area contributed by atoms with Gasteiger partial charge >= 0.3 is 0 Å². The van der Waals surface area contributed by atoms with E-state index in [0.717, 1.165) is 25.6 Å². The van der Waals surface area contributed by atoms with E-state index in [4.69, 9.17) is 5.73 Å². The second kappa shape index (κ2) is 6.73. The lowest BCUT2D eigenvalue weighted by Gasteiger charge is -2.41. The molecule has 0 aliphatic heterocycles. The van der Waals surface area contributed by atoms with E-state index >= 15 is 0 Å². The van der Waals surface area contributed by atoms with Gasteiger partial charge < -0.3 is 10.6 Å². The van der Waals surface area contributed by atoms with Gasteiger partial charge in [0.25, 0.3) is 0 Å². The molecule has 2 rings (SSSR count). The summed E-state index contributed by atoms with van der Waals surface area (Å²) in [6.07, 6.45) is 5.27. The van der Waals surface area contributed by atoms with Crippen LogP contribution in [-0.2, 0) is 6.54 Å². The van der Waals surface area contributed by atoms with Crippen molar-refractivity contribution in [3.8, 4) is 0 Å². The largest absolute Gasteiger partial charge is 0.330 e. The fraction of sp³-hybridized carbons (Fsp3) is 0.667. The molecule has 1 aliphatic carbocycles. The molecule has 1 aromatic carbocycles. The monoisotopic (exact) mass is 274 g/mol. The quantitative estimate of drug-likeness (QED) is 0.889. The van der Waals surface area contributed by atoms with Gasteiger partial charge in [-0.2, -0.15) is 0 Å². The molecule has 2 nitrogen and oxygen atoms in total. The van der Waals surface area contributed by atoms with Gasteiger partial charge in [-0.05, 0) is 50.3 Å². The highest BCUT2D eigenvalue weighted by molar-refractivity contribution is 5.21. The van der Waals surface area contributed by atoms with Crippen molar-refractivity contribution in [3.63, 3.8) is 0 Å². The molecule has 0 saturated heterocycles. The van der Waals surface area contributed by atoms with E-state index in [2.05, 4.69) is 50.1 Å². The molecule has 1 aromatic rings. The normalized spacial score (nSPS) is 26.9. The van der Waals surface area contributed by atoms with Crippen LogP contribution in [0.1, 0.15) is 43.7 Å². The lowest BCUT2D eigenvalue weighted by Crippen LogP contribution is -2.43. The van der Waals surface area contributed by atoms with Gasteiger partial charge in [-0.1, -0.05) is 49.6 Å². The first kappa shape index (κ1) is 15.5. The average Bonchev–Trinajstić information content (AvgIpc) is 2.44. The Bertz CT molecular complexity index is 402. The molecule has 0 heterocycles. The first-order valence-electron chi connectivity index (χ1n) is 7.97. The second-order valence-electron chi connectivity index (χ2n) is 7.04. The zero-order valence-corrected chi connectivity index (χ0v) is 13.4. The Morgan fingerprint density at radius 1 is 1.20 bits per heavy atom. The molecule has 1 aliphatic rings. The molecule has 1 fully saturated rings. The minimum Gasteiger partial charge on any atom is -0.330 e. The molecular formula is C18H30N2. The fourth-order valence-electron chi connectivity index (χ4n) is 3.43. The summed E-state index contributed by atoms with van der Waals surface area (Å²) in [5.41, 5.74) is 9.20. The number of hydrogen-bond donors (Lipinski definition) is 1. The molecule has 0 bridgehead atoms. The van der Waals surface area contributed by atoms with Crippen LogP contribution in [0.25, 0.3) is 0 Å². The SMILES string of the molecule is Cc1ccc(CN(C)CC2(CN)CCC(C)CC2)cc1. The first-order valence-corrected chi connectivity index (χ1v) is 7.97. The lowest BCUT2D eigenvalue weighted by atomic mass is 9.70. The van der Waals surface area contributed by atoms with Crippen LogP contribution < -0.4 is 5.73 Å². The summed E-state index contributed by atoms with van der Waals surface area (Å²) in [7, 11) is 2.23. The summed E-state index contributed by atoms with van der Waals surface area (Å²) in [4.78, 5) is 2.45. The zero-order chi connectivity index (χ0) is 14.6. The minimum atomic E-state index is 0.353. The fourth-order valence-corrected chi connectivity index (χ4v) is 3.43. The van der Waals surface area contributed by atoms with E-state index in [9.17, 15) is 0 Å². The van der Waals surface area contributed by atoms with Crippen LogP contribution in [0.3, 0.4) is 0 Å². The van der Waals surface area contributed by atoms with Crippen molar-refractivity contribution >= 4 is 0 Å². The maximum absolute atomic E-state index is 6.12. The van der Waals surface area contributed by atoms with Crippen LogP contribution in [0.15, 0.2) is 24.3 Å². The average molecular weight is 274 g/mol. The van der Waals surface area contributed by atoms with E-state index < -0.39 is 0 Å². The van der Waals surface area contributed by atoms with Gasteiger partial charge in [0.2, 0.25) is 0 Å². The van der Waals surface area contributed by atoms with Crippen molar-refractivity contribution in [2.75, 3.05) is 20.1 Å². The first-order chi connectivity index (χ1) is 9.53. The third kappa shape index (κ3) is 4.07. The highest BCUT2D eigenvalue weighted by Crippen LogP contribution is 2.38. The maximum Gasteiger partial charge on any atom is 0.0230 e. The maximum atomic E-state index is 6.12. The van der Waals surface area contributed by atoms with Gasteiger partial charge in [0.1, 0.15) is 0 Å². The lowest BCUT2D eigenvalue weighted by molar-refractivity contribution is 0.105. The molecule has 2 heteroatoms. The summed E-state index contributed by atoms with van der Waals surface area (Å²) >= 11 is 0. The highest BCUT2D eigenvalue weighted by atomic mass is 15.1. The minimum absolute atomic E-state index is 0.353. The number of benzene rings is 1. The van der Waals surface area contributed by atoms with Gasteiger partial charge in [-0.25, -0.2) is 0 Å². The third-order valence-electron chi connectivity index (χ3n) is 4.95. The Morgan fingerprint density at radius 3 is 2.35 bits per heavy atom. The standard InChI is InChI=1S/C18H30N2/c1-15-4-6-17(7-5-15)12-20(3)14-18(13-19)10-8-16(2)9-11-18/h4-7,16H,8-14,19H2,1-3H3. The van der Waals surface area contributed by atoms with E-state index in [0.29, 0.717) is 5.41 Å². The molecule has 0 spiro atoms. The second-order valence-corrected chi connectivity index (χ2v) is 7.04. The van der Waals surface area contributed by atoms with E-state index in [1.807, 2.05) is 0 Å².